The van der Waals surface area contributed by atoms with Gasteiger partial charge in [0.25, 0.3) is 0 Å². The molecule has 5 nitrogen and oxygen atoms in total. The van der Waals surface area contributed by atoms with Crippen molar-refractivity contribution in [3.63, 3.8) is 0 Å². The quantitative estimate of drug-likeness (QED) is 0.663. The second-order valence-electron chi connectivity index (χ2n) is 7.24. The first-order valence-corrected chi connectivity index (χ1v) is 9.50. The Kier molecular flexibility index (Phi) is 4.92. The topological polar surface area (TPSA) is 52.8 Å². The Morgan fingerprint density at radius 3 is 2.88 bits per heavy atom. The Labute approximate surface area is 149 Å². The lowest BCUT2D eigenvalue weighted by molar-refractivity contribution is 0.242. The summed E-state index contributed by atoms with van der Waals surface area (Å²) in [5.74, 6) is 1.79. The van der Waals surface area contributed by atoms with Crippen molar-refractivity contribution in [2.75, 3.05) is 20.1 Å². The van der Waals surface area contributed by atoms with Crippen molar-refractivity contribution in [2.45, 2.75) is 50.7 Å². The van der Waals surface area contributed by atoms with E-state index >= 15 is 0 Å². The van der Waals surface area contributed by atoms with Crippen LogP contribution in [-0.4, -0.2) is 43.1 Å². The summed E-state index contributed by atoms with van der Waals surface area (Å²) in [6.07, 6.45) is 6.76. The zero-order chi connectivity index (χ0) is 17.1. The molecule has 0 radical (unpaired) electrons. The largest absolute Gasteiger partial charge is 0.459 e. The summed E-state index contributed by atoms with van der Waals surface area (Å²) in [4.78, 5) is 7.04. The number of guanidine groups is 1. The van der Waals surface area contributed by atoms with Crippen LogP contribution in [0.1, 0.15) is 37.9 Å². The molecule has 1 saturated carbocycles. The van der Waals surface area contributed by atoms with Crippen molar-refractivity contribution in [3.05, 3.63) is 36.1 Å². The van der Waals surface area contributed by atoms with Crippen LogP contribution in [0.3, 0.4) is 0 Å². The molecule has 1 aromatic heterocycles. The third-order valence-electron chi connectivity index (χ3n) is 5.53. The Hall–Kier alpha value is -2.01. The van der Waals surface area contributed by atoms with Gasteiger partial charge in [-0.1, -0.05) is 31.0 Å². The first-order chi connectivity index (χ1) is 12.3. The van der Waals surface area contributed by atoms with Gasteiger partial charge in [-0.25, -0.2) is 0 Å². The Bertz CT molecular complexity index is 699. The van der Waals surface area contributed by atoms with Gasteiger partial charge in [0.15, 0.2) is 5.96 Å². The molecule has 134 valence electrons. The normalized spacial score (nSPS) is 22.8. The highest BCUT2D eigenvalue weighted by Gasteiger charge is 2.30. The van der Waals surface area contributed by atoms with Crippen molar-refractivity contribution in [3.8, 4) is 0 Å². The molecular weight excluding hydrogens is 312 g/mol. The van der Waals surface area contributed by atoms with Gasteiger partial charge in [-0.2, -0.15) is 0 Å². The fourth-order valence-corrected chi connectivity index (χ4v) is 4.19. The predicted octanol–water partition coefficient (Wildman–Crippen LogP) is 3.11. The zero-order valence-corrected chi connectivity index (χ0v) is 15.0. The molecule has 1 atom stereocenters. The maximum Gasteiger partial charge on any atom is 0.191 e. The lowest BCUT2D eigenvalue weighted by Crippen LogP contribution is -2.45. The summed E-state index contributed by atoms with van der Waals surface area (Å²) in [6, 6.07) is 11.5. The van der Waals surface area contributed by atoms with Crippen molar-refractivity contribution >= 4 is 16.9 Å². The zero-order valence-electron chi connectivity index (χ0n) is 15.0. The number of likely N-dealkylation sites (tertiary alicyclic amines) is 1. The number of nitrogens with one attached hydrogen (secondary N) is 2. The van der Waals surface area contributed by atoms with E-state index in [9.17, 15) is 0 Å². The molecule has 2 aromatic rings. The first-order valence-electron chi connectivity index (χ1n) is 9.50. The number of benzene rings is 1. The summed E-state index contributed by atoms with van der Waals surface area (Å²) < 4.78 is 5.86. The molecule has 2 heterocycles. The molecule has 1 aromatic carbocycles. The van der Waals surface area contributed by atoms with Crippen LogP contribution in [0.2, 0.25) is 0 Å². The Morgan fingerprint density at radius 1 is 1.24 bits per heavy atom. The molecule has 1 unspecified atom stereocenters. The molecule has 0 spiro atoms. The van der Waals surface area contributed by atoms with E-state index in [0.717, 1.165) is 35.3 Å². The minimum absolute atomic E-state index is 0.488. The van der Waals surface area contributed by atoms with Gasteiger partial charge in [0.05, 0.1) is 6.54 Å². The first kappa shape index (κ1) is 16.5. The molecule has 4 rings (SSSR count). The molecule has 5 heteroatoms. The number of para-hydroxylation sites is 1. The molecular formula is C20H28N4O. The highest BCUT2D eigenvalue weighted by molar-refractivity contribution is 5.80. The van der Waals surface area contributed by atoms with E-state index < -0.39 is 0 Å². The number of rotatable bonds is 4. The van der Waals surface area contributed by atoms with Gasteiger partial charge in [-0.15, -0.1) is 0 Å². The average Bonchev–Trinajstić information content (AvgIpc) is 3.38. The van der Waals surface area contributed by atoms with E-state index in [1.807, 2.05) is 25.2 Å². The van der Waals surface area contributed by atoms with Gasteiger partial charge in [0.1, 0.15) is 11.3 Å². The van der Waals surface area contributed by atoms with Gasteiger partial charge in [-0.05, 0) is 31.4 Å². The van der Waals surface area contributed by atoms with Crippen LogP contribution < -0.4 is 10.6 Å². The third kappa shape index (κ3) is 3.82. The Morgan fingerprint density at radius 2 is 2.08 bits per heavy atom. The monoisotopic (exact) mass is 340 g/mol. The number of nitrogens with zero attached hydrogens (tertiary/aromatic N) is 2. The molecule has 1 aliphatic heterocycles. The number of hydrogen-bond acceptors (Lipinski definition) is 3. The standard InChI is InChI=1S/C20H28N4O/c1-21-20(22-13-18-12-15-6-2-5-9-19(15)25-18)23-16-10-11-24(14-16)17-7-3-4-8-17/h2,5-6,9,12,16-17H,3-4,7-8,10-11,13-14H2,1H3,(H2,21,22,23). The number of aliphatic imine (C=N–C) groups is 1. The minimum atomic E-state index is 0.488. The summed E-state index contributed by atoms with van der Waals surface area (Å²) in [5, 5.41) is 8.11. The minimum Gasteiger partial charge on any atom is -0.459 e. The molecule has 1 saturated heterocycles. The fourth-order valence-electron chi connectivity index (χ4n) is 4.19. The molecule has 0 bridgehead atoms. The van der Waals surface area contributed by atoms with Crippen LogP contribution in [0.15, 0.2) is 39.7 Å². The second kappa shape index (κ2) is 7.48. The van der Waals surface area contributed by atoms with Crippen LogP contribution >= 0.6 is 0 Å². The predicted molar refractivity (Wildman–Crippen MR) is 102 cm³/mol. The van der Waals surface area contributed by atoms with Crippen LogP contribution in [0.4, 0.5) is 0 Å². The molecule has 25 heavy (non-hydrogen) atoms. The van der Waals surface area contributed by atoms with E-state index in [-0.39, 0.29) is 0 Å². The number of hydrogen-bond donors (Lipinski definition) is 2. The van der Waals surface area contributed by atoms with Gasteiger partial charge in [-0.3, -0.25) is 9.89 Å². The SMILES string of the molecule is CN=C(NCc1cc2ccccc2o1)NC1CCN(C2CCCC2)C1. The van der Waals surface area contributed by atoms with Crippen LogP contribution in [0.25, 0.3) is 11.0 Å². The summed E-state index contributed by atoms with van der Waals surface area (Å²) >= 11 is 0. The van der Waals surface area contributed by atoms with Gasteiger partial charge < -0.3 is 15.1 Å². The van der Waals surface area contributed by atoms with E-state index in [1.165, 1.54) is 38.6 Å². The van der Waals surface area contributed by atoms with Crippen molar-refractivity contribution in [1.29, 1.82) is 0 Å². The van der Waals surface area contributed by atoms with Gasteiger partial charge in [0.2, 0.25) is 0 Å². The van der Waals surface area contributed by atoms with Crippen molar-refractivity contribution < 1.29 is 4.42 Å². The molecule has 2 fully saturated rings. The summed E-state index contributed by atoms with van der Waals surface area (Å²) in [6.45, 7) is 2.99. The highest BCUT2D eigenvalue weighted by atomic mass is 16.3. The molecule has 1 aliphatic carbocycles. The molecule has 2 aliphatic rings. The van der Waals surface area contributed by atoms with Crippen LogP contribution in [0, 0.1) is 0 Å². The van der Waals surface area contributed by atoms with Gasteiger partial charge in [0, 0.05) is 37.6 Å². The fraction of sp³-hybridized carbons (Fsp3) is 0.550. The summed E-state index contributed by atoms with van der Waals surface area (Å²) in [7, 11) is 1.83. The van der Waals surface area contributed by atoms with E-state index in [0.29, 0.717) is 12.6 Å². The maximum absolute atomic E-state index is 5.86. The Balaban J connectivity index is 1.29. The second-order valence-corrected chi connectivity index (χ2v) is 7.24. The average molecular weight is 340 g/mol. The van der Waals surface area contributed by atoms with E-state index in [4.69, 9.17) is 4.42 Å². The van der Waals surface area contributed by atoms with E-state index in [1.54, 1.807) is 0 Å². The van der Waals surface area contributed by atoms with Crippen molar-refractivity contribution in [1.82, 2.24) is 15.5 Å². The smallest absolute Gasteiger partial charge is 0.191 e. The lowest BCUT2D eigenvalue weighted by atomic mass is 10.2. The van der Waals surface area contributed by atoms with E-state index in [2.05, 4.69) is 32.7 Å². The van der Waals surface area contributed by atoms with Gasteiger partial charge >= 0.3 is 0 Å². The van der Waals surface area contributed by atoms with Crippen molar-refractivity contribution in [2.24, 2.45) is 4.99 Å². The molecule has 0 amide bonds. The van der Waals surface area contributed by atoms with Crippen LogP contribution in [0.5, 0.6) is 0 Å². The third-order valence-corrected chi connectivity index (χ3v) is 5.53. The summed E-state index contributed by atoms with van der Waals surface area (Å²) in [5.41, 5.74) is 0.935. The number of fused-ring (bicyclic) bond motifs is 1. The van der Waals surface area contributed by atoms with Crippen LogP contribution in [-0.2, 0) is 6.54 Å². The number of furan rings is 1. The maximum atomic E-state index is 5.86. The lowest BCUT2D eigenvalue weighted by Gasteiger charge is -2.24. The highest BCUT2D eigenvalue weighted by Crippen LogP contribution is 2.26. The molecule has 2 N–H and O–H groups in total.